The van der Waals surface area contributed by atoms with Crippen molar-refractivity contribution in [2.24, 2.45) is 0 Å². The second-order valence-electron chi connectivity index (χ2n) is 4.89. The fourth-order valence-electron chi connectivity index (χ4n) is 1.84. The minimum Gasteiger partial charge on any atom is -0.399 e. The molecule has 0 spiro atoms. The number of hydrogen-bond acceptors (Lipinski definition) is 4. The fourth-order valence-corrected chi connectivity index (χ4v) is 1.84. The number of hydrogen-bond donors (Lipinski definition) is 2. The highest BCUT2D eigenvalue weighted by molar-refractivity contribution is 5.76. The van der Waals surface area contributed by atoms with E-state index in [4.69, 9.17) is 10.5 Å². The van der Waals surface area contributed by atoms with Gasteiger partial charge in [-0.25, -0.2) is 0 Å². The van der Waals surface area contributed by atoms with Crippen LogP contribution in [0.4, 0.5) is 5.69 Å². The van der Waals surface area contributed by atoms with Crippen LogP contribution in [0, 0.1) is 0 Å². The zero-order valence-corrected chi connectivity index (χ0v) is 12.4. The summed E-state index contributed by atoms with van der Waals surface area (Å²) in [7, 11) is 3.70. The van der Waals surface area contributed by atoms with Gasteiger partial charge in [0.2, 0.25) is 5.91 Å². The number of aryl methyl sites for hydroxylation is 1. The number of likely N-dealkylation sites (N-methyl/N-ethyl adjacent to an activating group) is 1. The van der Waals surface area contributed by atoms with E-state index in [9.17, 15) is 4.79 Å². The zero-order valence-electron chi connectivity index (χ0n) is 12.4. The van der Waals surface area contributed by atoms with Crippen molar-refractivity contribution in [2.75, 3.05) is 46.1 Å². The molecule has 0 atom stereocenters. The first kappa shape index (κ1) is 16.5. The second kappa shape index (κ2) is 9.34. The Kier molecular flexibility index (Phi) is 7.69. The van der Waals surface area contributed by atoms with Crippen molar-refractivity contribution < 1.29 is 9.53 Å². The van der Waals surface area contributed by atoms with Crippen LogP contribution < -0.4 is 11.1 Å². The number of benzene rings is 1. The molecule has 112 valence electrons. The molecule has 0 saturated heterocycles. The van der Waals surface area contributed by atoms with Crippen molar-refractivity contribution in [3.63, 3.8) is 0 Å². The van der Waals surface area contributed by atoms with Gasteiger partial charge in [-0.1, -0.05) is 12.1 Å². The number of carbonyl (C=O) groups is 1. The summed E-state index contributed by atoms with van der Waals surface area (Å²) in [4.78, 5) is 13.8. The van der Waals surface area contributed by atoms with Gasteiger partial charge in [0, 0.05) is 38.9 Å². The quantitative estimate of drug-likeness (QED) is 0.659. The third-order valence-electron chi connectivity index (χ3n) is 3.08. The van der Waals surface area contributed by atoms with Crippen molar-refractivity contribution in [1.82, 2.24) is 10.2 Å². The van der Waals surface area contributed by atoms with Crippen molar-refractivity contribution >= 4 is 11.6 Å². The summed E-state index contributed by atoms with van der Waals surface area (Å²) in [5.41, 5.74) is 7.54. The SMILES string of the molecule is COCCN(C)CCNC(=O)CCc1cccc(N)c1. The Balaban J connectivity index is 2.14. The standard InChI is InChI=1S/C15H25N3O2/c1-18(10-11-20-2)9-8-17-15(19)7-6-13-4-3-5-14(16)12-13/h3-5,12H,6-11,16H2,1-2H3,(H,17,19). The molecular formula is C15H25N3O2. The summed E-state index contributed by atoms with van der Waals surface area (Å²) in [6.45, 7) is 3.07. The van der Waals surface area contributed by atoms with Crippen LogP contribution in [0.3, 0.4) is 0 Å². The first-order valence-corrected chi connectivity index (χ1v) is 6.90. The summed E-state index contributed by atoms with van der Waals surface area (Å²) in [5, 5.41) is 2.92. The summed E-state index contributed by atoms with van der Waals surface area (Å²) in [6.07, 6.45) is 1.21. The summed E-state index contributed by atoms with van der Waals surface area (Å²) < 4.78 is 5.00. The van der Waals surface area contributed by atoms with E-state index in [-0.39, 0.29) is 5.91 Å². The molecule has 0 fully saturated rings. The monoisotopic (exact) mass is 279 g/mol. The molecule has 0 bridgehead atoms. The van der Waals surface area contributed by atoms with Crippen molar-refractivity contribution in [3.05, 3.63) is 29.8 Å². The number of nitrogens with zero attached hydrogens (tertiary/aromatic N) is 1. The van der Waals surface area contributed by atoms with E-state index < -0.39 is 0 Å². The molecule has 5 nitrogen and oxygen atoms in total. The Morgan fingerprint density at radius 3 is 2.90 bits per heavy atom. The van der Waals surface area contributed by atoms with Crippen LogP contribution in [0.1, 0.15) is 12.0 Å². The number of ether oxygens (including phenoxy) is 1. The number of methoxy groups -OCH3 is 1. The van der Waals surface area contributed by atoms with Gasteiger partial charge in [-0.3, -0.25) is 4.79 Å². The van der Waals surface area contributed by atoms with Gasteiger partial charge in [0.1, 0.15) is 0 Å². The molecule has 0 aliphatic heterocycles. The maximum atomic E-state index is 11.7. The lowest BCUT2D eigenvalue weighted by Gasteiger charge is -2.16. The number of nitrogens with two attached hydrogens (primary N) is 1. The largest absolute Gasteiger partial charge is 0.399 e. The minimum absolute atomic E-state index is 0.0765. The molecule has 0 radical (unpaired) electrons. The molecule has 0 unspecified atom stereocenters. The van der Waals surface area contributed by atoms with Gasteiger partial charge in [0.15, 0.2) is 0 Å². The predicted octanol–water partition coefficient (Wildman–Crippen LogP) is 0.896. The van der Waals surface area contributed by atoms with E-state index in [1.54, 1.807) is 7.11 Å². The van der Waals surface area contributed by atoms with Crippen LogP contribution >= 0.6 is 0 Å². The van der Waals surface area contributed by atoms with Gasteiger partial charge in [-0.15, -0.1) is 0 Å². The lowest BCUT2D eigenvalue weighted by atomic mass is 10.1. The third-order valence-corrected chi connectivity index (χ3v) is 3.08. The highest BCUT2D eigenvalue weighted by Crippen LogP contribution is 2.08. The Bertz CT molecular complexity index is 410. The molecule has 5 heteroatoms. The number of carbonyl (C=O) groups excluding carboxylic acids is 1. The molecule has 0 aliphatic carbocycles. The highest BCUT2D eigenvalue weighted by Gasteiger charge is 2.03. The summed E-state index contributed by atoms with van der Waals surface area (Å²) in [6, 6.07) is 7.65. The van der Waals surface area contributed by atoms with Gasteiger partial charge < -0.3 is 20.7 Å². The second-order valence-corrected chi connectivity index (χ2v) is 4.89. The van der Waals surface area contributed by atoms with Crippen LogP contribution in [-0.4, -0.2) is 51.2 Å². The smallest absolute Gasteiger partial charge is 0.220 e. The summed E-state index contributed by atoms with van der Waals surface area (Å²) in [5.74, 6) is 0.0765. The Labute approximate surface area is 121 Å². The number of nitrogens with one attached hydrogen (secondary N) is 1. The number of anilines is 1. The van der Waals surface area contributed by atoms with Crippen molar-refractivity contribution in [3.8, 4) is 0 Å². The van der Waals surface area contributed by atoms with Gasteiger partial charge in [-0.2, -0.15) is 0 Å². The average molecular weight is 279 g/mol. The summed E-state index contributed by atoms with van der Waals surface area (Å²) >= 11 is 0. The van der Waals surface area contributed by atoms with E-state index in [2.05, 4.69) is 10.2 Å². The van der Waals surface area contributed by atoms with E-state index >= 15 is 0 Å². The first-order valence-electron chi connectivity index (χ1n) is 6.90. The number of amides is 1. The van der Waals surface area contributed by atoms with Crippen LogP contribution in [0.25, 0.3) is 0 Å². The Hall–Kier alpha value is -1.59. The van der Waals surface area contributed by atoms with Crippen molar-refractivity contribution in [1.29, 1.82) is 0 Å². The molecule has 1 aromatic rings. The Morgan fingerprint density at radius 1 is 1.40 bits per heavy atom. The van der Waals surface area contributed by atoms with Crippen LogP contribution in [0.5, 0.6) is 0 Å². The van der Waals surface area contributed by atoms with E-state index in [1.807, 2.05) is 31.3 Å². The maximum Gasteiger partial charge on any atom is 0.220 e. The Morgan fingerprint density at radius 2 is 2.20 bits per heavy atom. The normalized spacial score (nSPS) is 10.8. The molecule has 1 aromatic carbocycles. The molecule has 0 aromatic heterocycles. The first-order chi connectivity index (χ1) is 9.61. The predicted molar refractivity (Wildman–Crippen MR) is 81.6 cm³/mol. The fraction of sp³-hybridized carbons (Fsp3) is 0.533. The molecule has 0 aliphatic rings. The van der Waals surface area contributed by atoms with E-state index in [0.717, 1.165) is 30.8 Å². The molecule has 1 amide bonds. The lowest BCUT2D eigenvalue weighted by molar-refractivity contribution is -0.121. The van der Waals surface area contributed by atoms with Gasteiger partial charge >= 0.3 is 0 Å². The lowest BCUT2D eigenvalue weighted by Crippen LogP contribution is -2.34. The van der Waals surface area contributed by atoms with Crippen LogP contribution in [0.15, 0.2) is 24.3 Å². The third kappa shape index (κ3) is 7.11. The van der Waals surface area contributed by atoms with Gasteiger partial charge in [0.05, 0.1) is 6.61 Å². The molecule has 0 heterocycles. The average Bonchev–Trinajstić information content (AvgIpc) is 2.43. The van der Waals surface area contributed by atoms with Crippen LogP contribution in [0.2, 0.25) is 0 Å². The number of nitrogen functional groups attached to an aromatic ring is 1. The molecule has 3 N–H and O–H groups in total. The van der Waals surface area contributed by atoms with E-state index in [1.165, 1.54) is 0 Å². The highest BCUT2D eigenvalue weighted by atomic mass is 16.5. The molecule has 0 saturated carbocycles. The molecule has 20 heavy (non-hydrogen) atoms. The van der Waals surface area contributed by atoms with Gasteiger partial charge in [-0.05, 0) is 31.2 Å². The van der Waals surface area contributed by atoms with Crippen LogP contribution in [-0.2, 0) is 16.0 Å². The topological polar surface area (TPSA) is 67.6 Å². The maximum absolute atomic E-state index is 11.7. The zero-order chi connectivity index (χ0) is 14.8. The van der Waals surface area contributed by atoms with Crippen molar-refractivity contribution in [2.45, 2.75) is 12.8 Å². The van der Waals surface area contributed by atoms with Gasteiger partial charge in [0.25, 0.3) is 0 Å². The number of rotatable bonds is 9. The van der Waals surface area contributed by atoms with E-state index in [0.29, 0.717) is 19.6 Å². The minimum atomic E-state index is 0.0765. The molecule has 1 rings (SSSR count). The molecular weight excluding hydrogens is 254 g/mol.